The molecule has 1 saturated carbocycles. The molecular formula is C57H93N5O17. The van der Waals surface area contributed by atoms with Gasteiger partial charge in [0.05, 0.1) is 48.1 Å². The van der Waals surface area contributed by atoms with Gasteiger partial charge in [-0.2, -0.15) is 0 Å². The number of alkyl carbamates (subject to hydrolysis) is 1. The van der Waals surface area contributed by atoms with Crippen LogP contribution in [0.5, 0.6) is 0 Å². The number of anilines is 1. The number of likely N-dealkylation sites (N-methyl/N-ethyl adjacent to an activating group) is 2. The average molecular weight is 1120 g/mol. The van der Waals surface area contributed by atoms with Gasteiger partial charge in [0.25, 0.3) is 0 Å². The van der Waals surface area contributed by atoms with Crippen LogP contribution in [0.4, 0.5) is 10.5 Å². The van der Waals surface area contributed by atoms with E-state index in [1.54, 1.807) is 54.5 Å². The lowest BCUT2D eigenvalue weighted by Gasteiger charge is -2.49. The van der Waals surface area contributed by atoms with Gasteiger partial charge in [-0.15, -0.1) is 0 Å². The van der Waals surface area contributed by atoms with Gasteiger partial charge in [0.15, 0.2) is 18.7 Å². The monoisotopic (exact) mass is 1120 g/mol. The number of cyclic esters (lactones) is 1. The minimum Gasteiger partial charge on any atom is -0.477 e. The third-order valence-corrected chi connectivity index (χ3v) is 16.9. The zero-order chi connectivity index (χ0) is 58.5. The van der Waals surface area contributed by atoms with Crippen molar-refractivity contribution in [2.24, 2.45) is 17.8 Å². The number of benzene rings is 1. The quantitative estimate of drug-likeness (QED) is 0.0799. The Hall–Kier alpha value is -4.04. The molecule has 7 N–H and O–H groups in total. The number of aliphatic hydroxyl groups is 4. The summed E-state index contributed by atoms with van der Waals surface area (Å²) in [5, 5.41) is 64.1. The molecule has 1 amide bonds. The lowest BCUT2D eigenvalue weighted by atomic mass is 9.77. The van der Waals surface area contributed by atoms with E-state index in [1.807, 2.05) is 61.5 Å². The number of ether oxygens (including phenoxy) is 8. The predicted octanol–water partition coefficient (Wildman–Crippen LogP) is 4.50. The Bertz CT molecular complexity index is 2420. The largest absolute Gasteiger partial charge is 0.477 e. The number of carbonyl (C=O) groups is 3. The fourth-order valence-electron chi connectivity index (χ4n) is 12.1. The number of carbonyl (C=O) groups excluding carboxylic acids is 2. The van der Waals surface area contributed by atoms with Crippen molar-refractivity contribution >= 4 is 34.6 Å². The number of pyridine rings is 1. The van der Waals surface area contributed by atoms with E-state index in [0.29, 0.717) is 55.7 Å². The standard InChI is InChI=1S/C57H93N5O17/c1-15-43-57(10,71)48(65)35(6)61(13)29-31(2)27-55(8,70)49(78-53-46(64)42(60(11)12)25-32(3)74-53)33(4)47(34(5)52(68)76-43)77-44-28-56(9,72-14)50(36(7)75-44)79-54(69)59-21-16-23-73-24-22-58-37-17-20-41-39(26-37)45(63)40(51(66)67)30-62(41)38-18-19-38/h17,20,26,30-36,38,42-44,46-50,53,58,64-65,70-71H,15-16,18-19,21-25,27-29H2,1-14H3,(H,59,69)(H,66,67)/t31-,32-,33+,34-,35-,36+,42+,43-,44?,46-,47+,48-,49-,50+,53+,55-,56-,57-/m1/s1. The third kappa shape index (κ3) is 15.3. The molecule has 22 nitrogen and oxygen atoms in total. The first-order valence-electron chi connectivity index (χ1n) is 28.3. The molecule has 0 bridgehead atoms. The highest BCUT2D eigenvalue weighted by Gasteiger charge is 2.54. The van der Waals surface area contributed by atoms with Crippen molar-refractivity contribution < 1.29 is 77.8 Å². The summed E-state index contributed by atoms with van der Waals surface area (Å²) >= 11 is 0. The Balaban J connectivity index is 1.12. The Morgan fingerprint density at radius 3 is 2.27 bits per heavy atom. The molecule has 1 aromatic carbocycles. The van der Waals surface area contributed by atoms with Crippen LogP contribution in [0.3, 0.4) is 0 Å². The number of esters is 1. The zero-order valence-electron chi connectivity index (χ0n) is 49.0. The maximum Gasteiger partial charge on any atom is 0.407 e. The van der Waals surface area contributed by atoms with E-state index < -0.39 is 113 Å². The molecule has 1 aliphatic carbocycles. The molecule has 79 heavy (non-hydrogen) atoms. The van der Waals surface area contributed by atoms with Crippen molar-refractivity contribution in [1.82, 2.24) is 19.7 Å². The fraction of sp³-hybridized carbons (Fsp3) is 0.789. The third-order valence-electron chi connectivity index (χ3n) is 16.9. The highest BCUT2D eigenvalue weighted by molar-refractivity contribution is 5.93. The van der Waals surface area contributed by atoms with Crippen LogP contribution in [0.2, 0.25) is 0 Å². The number of nitrogens with one attached hydrogen (secondary N) is 2. The van der Waals surface area contributed by atoms with Crippen LogP contribution in [-0.2, 0) is 42.7 Å². The molecule has 22 heteroatoms. The van der Waals surface area contributed by atoms with E-state index in [1.165, 1.54) is 20.2 Å². The molecule has 3 aliphatic heterocycles. The molecule has 448 valence electrons. The minimum atomic E-state index is -1.87. The van der Waals surface area contributed by atoms with Gasteiger partial charge in [-0.1, -0.05) is 20.8 Å². The molecule has 0 radical (unpaired) electrons. The number of amides is 1. The van der Waals surface area contributed by atoms with Gasteiger partial charge in [0, 0.05) is 81.1 Å². The van der Waals surface area contributed by atoms with E-state index in [2.05, 4.69) is 10.6 Å². The first kappa shape index (κ1) is 64.1. The lowest BCUT2D eigenvalue weighted by Crippen LogP contribution is -2.61. The second-order valence-corrected chi connectivity index (χ2v) is 23.9. The second kappa shape index (κ2) is 26.9. The molecule has 0 spiro atoms. The van der Waals surface area contributed by atoms with Crippen LogP contribution in [0.15, 0.2) is 29.2 Å². The molecule has 1 unspecified atom stereocenters. The normalized spacial score (nSPS) is 37.5. The van der Waals surface area contributed by atoms with Crippen LogP contribution >= 0.6 is 0 Å². The molecule has 6 rings (SSSR count). The summed E-state index contributed by atoms with van der Waals surface area (Å²) in [6, 6.07) is 4.61. The smallest absolute Gasteiger partial charge is 0.407 e. The van der Waals surface area contributed by atoms with Gasteiger partial charge in [0.2, 0.25) is 5.43 Å². The molecule has 4 heterocycles. The highest BCUT2D eigenvalue weighted by Crippen LogP contribution is 2.42. The maximum absolute atomic E-state index is 14.6. The maximum atomic E-state index is 14.6. The number of carboxylic acids is 1. The van der Waals surface area contributed by atoms with Gasteiger partial charge in [-0.05, 0) is 132 Å². The van der Waals surface area contributed by atoms with Crippen LogP contribution in [0.25, 0.3) is 10.9 Å². The van der Waals surface area contributed by atoms with Crippen molar-refractivity contribution in [3.63, 3.8) is 0 Å². The minimum absolute atomic E-state index is 0.0217. The Kier molecular flexibility index (Phi) is 21.8. The second-order valence-electron chi connectivity index (χ2n) is 23.9. The van der Waals surface area contributed by atoms with Crippen LogP contribution in [0.1, 0.15) is 131 Å². The summed E-state index contributed by atoms with van der Waals surface area (Å²) < 4.78 is 52.4. The molecule has 1 aromatic heterocycles. The molecule has 4 aliphatic rings. The van der Waals surface area contributed by atoms with Gasteiger partial charge in [-0.25, -0.2) is 9.59 Å². The molecule has 18 atom stereocenters. The Morgan fingerprint density at radius 2 is 1.63 bits per heavy atom. The summed E-state index contributed by atoms with van der Waals surface area (Å²) in [6.07, 6.45) is -6.16. The van der Waals surface area contributed by atoms with Crippen molar-refractivity contribution in [2.45, 2.75) is 211 Å². The van der Waals surface area contributed by atoms with Crippen LogP contribution < -0.4 is 16.1 Å². The van der Waals surface area contributed by atoms with Crippen molar-refractivity contribution in [3.8, 4) is 0 Å². The number of aromatic nitrogens is 1. The number of aromatic carboxylic acids is 1. The summed E-state index contributed by atoms with van der Waals surface area (Å²) in [7, 11) is 7.06. The van der Waals surface area contributed by atoms with Crippen molar-refractivity contribution in [3.05, 3.63) is 40.2 Å². The topological polar surface area (TPSA) is 279 Å². The summed E-state index contributed by atoms with van der Waals surface area (Å²) in [4.78, 5) is 56.6. The van der Waals surface area contributed by atoms with Gasteiger partial charge in [-0.3, -0.25) is 9.59 Å². The predicted molar refractivity (Wildman–Crippen MR) is 294 cm³/mol. The van der Waals surface area contributed by atoms with Crippen LogP contribution in [-0.4, -0.2) is 209 Å². The number of rotatable bonds is 18. The highest BCUT2D eigenvalue weighted by atomic mass is 16.7. The zero-order valence-corrected chi connectivity index (χ0v) is 49.0. The summed E-state index contributed by atoms with van der Waals surface area (Å²) in [5.74, 6) is -4.15. The summed E-state index contributed by atoms with van der Waals surface area (Å²) in [6.45, 7) is 19.1. The number of carboxylic acid groups (broad SMARTS) is 1. The van der Waals surface area contributed by atoms with E-state index in [9.17, 15) is 44.7 Å². The van der Waals surface area contributed by atoms with Gasteiger partial charge in [0.1, 0.15) is 35.1 Å². The number of aliphatic hydroxyl groups excluding tert-OH is 2. The first-order valence-corrected chi connectivity index (χ1v) is 28.3. The van der Waals surface area contributed by atoms with E-state index in [4.69, 9.17) is 37.9 Å². The van der Waals surface area contributed by atoms with Crippen LogP contribution in [0, 0.1) is 17.8 Å². The Labute approximate surface area is 465 Å². The van der Waals surface area contributed by atoms with Gasteiger partial charge >= 0.3 is 18.0 Å². The fourth-order valence-corrected chi connectivity index (χ4v) is 12.1. The van der Waals surface area contributed by atoms with Gasteiger partial charge < -0.3 is 88.4 Å². The van der Waals surface area contributed by atoms with E-state index in [0.717, 1.165) is 12.8 Å². The SMILES string of the molecule is CC[C@H]1OC(=O)[C@H](C)[C@@H](OC2C[C@@](C)(OC)[C@@H](OC(=O)NCCCOCCNc3ccc4c(c3)c(=O)c(C(=O)O)cn4C3CC3)[C@H](C)O2)[C@H](C)[C@@H](O[C@@H]2O[C@H](C)C[C@H](N(C)C)[C@H]2O)[C@](C)(O)C[C@@H](C)CN(C)[C@H](C)[C@@H](O)[C@]1(C)O. The van der Waals surface area contributed by atoms with E-state index >= 15 is 0 Å². The number of hydrogen-bond donors (Lipinski definition) is 7. The number of methoxy groups -OCH3 is 1. The Morgan fingerprint density at radius 1 is 0.937 bits per heavy atom. The number of fused-ring (bicyclic) bond motifs is 1. The molecule has 4 fully saturated rings. The van der Waals surface area contributed by atoms with Crippen molar-refractivity contribution in [2.75, 3.05) is 66.4 Å². The number of nitrogens with zero attached hydrogens (tertiary/aromatic N) is 3. The van der Waals surface area contributed by atoms with Crippen molar-refractivity contribution in [1.29, 1.82) is 0 Å². The number of hydrogen-bond acceptors (Lipinski definition) is 19. The molecule has 3 saturated heterocycles. The van der Waals surface area contributed by atoms with E-state index in [-0.39, 0.29) is 55.5 Å². The molecule has 2 aromatic rings. The lowest BCUT2D eigenvalue weighted by molar-refractivity contribution is -0.317. The molecular weight excluding hydrogens is 1030 g/mol. The first-order chi connectivity index (χ1) is 37.0. The average Bonchev–Trinajstić information content (AvgIpc) is 4.45. The summed E-state index contributed by atoms with van der Waals surface area (Å²) in [5.41, 5.74) is -4.12.